The molecule has 2 N–H and O–H groups in total. The molecule has 5 rings (SSSR count). The van der Waals surface area contributed by atoms with E-state index in [0.717, 1.165) is 42.8 Å². The average molecular weight is 613 g/mol. The molecular weight excluding hydrogens is 572 g/mol. The van der Waals surface area contributed by atoms with Crippen molar-refractivity contribution in [2.24, 2.45) is 11.3 Å². The zero-order valence-corrected chi connectivity index (χ0v) is 25.9. The minimum atomic E-state index is -3.80. The zero-order chi connectivity index (χ0) is 30.1. The van der Waals surface area contributed by atoms with Gasteiger partial charge in [-0.3, -0.25) is 4.79 Å². The van der Waals surface area contributed by atoms with E-state index in [1.807, 2.05) is 6.07 Å². The Labute approximate surface area is 254 Å². The van der Waals surface area contributed by atoms with Gasteiger partial charge in [0.2, 0.25) is 10.0 Å². The number of sulfonamides is 1. The summed E-state index contributed by atoms with van der Waals surface area (Å²) < 4.78 is 33.6. The number of aryl methyl sites for hydroxylation is 1. The summed E-state index contributed by atoms with van der Waals surface area (Å²) in [6.45, 7) is 11.4. The van der Waals surface area contributed by atoms with Crippen LogP contribution in [0, 0.1) is 11.3 Å². The second-order valence-corrected chi connectivity index (χ2v) is 14.7. The summed E-state index contributed by atoms with van der Waals surface area (Å²) in [5.41, 5.74) is 2.96. The summed E-state index contributed by atoms with van der Waals surface area (Å²) in [4.78, 5) is 15.4. The topological polar surface area (TPSA) is 95.9 Å². The number of aliphatic hydroxyl groups is 1. The number of benzene rings is 2. The number of halogens is 1. The van der Waals surface area contributed by atoms with E-state index in [9.17, 15) is 18.3 Å². The van der Waals surface area contributed by atoms with Gasteiger partial charge in [0, 0.05) is 29.1 Å². The summed E-state index contributed by atoms with van der Waals surface area (Å²) in [5.74, 6) is 0.00211. The van der Waals surface area contributed by atoms with Crippen LogP contribution in [0.5, 0.6) is 5.75 Å². The van der Waals surface area contributed by atoms with Gasteiger partial charge in [0.25, 0.3) is 5.91 Å². The third-order valence-corrected chi connectivity index (χ3v) is 11.2. The molecule has 9 heteroatoms. The molecule has 1 fully saturated rings. The highest BCUT2D eigenvalue weighted by Gasteiger charge is 2.49. The van der Waals surface area contributed by atoms with E-state index in [1.54, 1.807) is 24.3 Å². The molecule has 0 aromatic heterocycles. The molecule has 1 heterocycles. The maximum Gasteiger partial charge on any atom is 0.264 e. The first kappa shape index (κ1) is 30.6. The number of allylic oxidation sites excluding steroid dienone is 1. The number of anilines is 1. The predicted octanol–water partition coefficient (Wildman–Crippen LogP) is 5.80. The Morgan fingerprint density at radius 1 is 1.24 bits per heavy atom. The smallest absolute Gasteiger partial charge is 0.264 e. The van der Waals surface area contributed by atoms with Crippen LogP contribution >= 0.6 is 11.6 Å². The van der Waals surface area contributed by atoms with Gasteiger partial charge in [-0.2, -0.15) is 0 Å². The maximum atomic E-state index is 13.1. The van der Waals surface area contributed by atoms with Crippen molar-refractivity contribution in [3.8, 4) is 5.75 Å². The van der Waals surface area contributed by atoms with Crippen LogP contribution in [0.1, 0.15) is 66.9 Å². The molecule has 0 radical (unpaired) electrons. The number of carbonyl (C=O) groups excluding carboxylic acids is 1. The van der Waals surface area contributed by atoms with E-state index in [2.05, 4.69) is 41.8 Å². The summed E-state index contributed by atoms with van der Waals surface area (Å²) in [7, 11) is -3.80. The molecule has 2 aromatic carbocycles. The minimum absolute atomic E-state index is 0.207. The van der Waals surface area contributed by atoms with Crippen LogP contribution in [0.4, 0.5) is 5.69 Å². The third-order valence-electron chi connectivity index (χ3n) is 9.69. The lowest BCUT2D eigenvalue weighted by molar-refractivity contribution is -0.0695. The van der Waals surface area contributed by atoms with E-state index >= 15 is 0 Å². The molecule has 0 bridgehead atoms. The van der Waals surface area contributed by atoms with Gasteiger partial charge < -0.3 is 14.7 Å². The highest BCUT2D eigenvalue weighted by Crippen LogP contribution is 2.52. The highest BCUT2D eigenvalue weighted by atomic mass is 35.5. The Morgan fingerprint density at radius 3 is 2.76 bits per heavy atom. The number of aliphatic hydroxyl groups excluding tert-OH is 1. The Hall–Kier alpha value is -2.81. The molecule has 1 aliphatic heterocycles. The monoisotopic (exact) mass is 612 g/mol. The van der Waals surface area contributed by atoms with Crippen molar-refractivity contribution in [2.75, 3.05) is 30.3 Å². The Kier molecular flexibility index (Phi) is 8.80. The molecular formula is C33H41ClN2O5S. The Morgan fingerprint density at radius 2 is 2.05 bits per heavy atom. The van der Waals surface area contributed by atoms with E-state index < -0.39 is 22.0 Å². The van der Waals surface area contributed by atoms with Gasteiger partial charge in [-0.05, 0) is 97.7 Å². The number of rotatable bonds is 10. The van der Waals surface area contributed by atoms with Gasteiger partial charge >= 0.3 is 0 Å². The molecule has 7 nitrogen and oxygen atoms in total. The van der Waals surface area contributed by atoms with Gasteiger partial charge in [-0.1, -0.05) is 36.7 Å². The third kappa shape index (κ3) is 5.99. The normalized spacial score (nSPS) is 25.7. The fraction of sp³-hybridized carbons (Fsp3) is 0.485. The van der Waals surface area contributed by atoms with Crippen LogP contribution in [0.2, 0.25) is 5.02 Å². The lowest BCUT2D eigenvalue weighted by atomic mass is 9.57. The zero-order valence-electron chi connectivity index (χ0n) is 24.3. The van der Waals surface area contributed by atoms with Crippen molar-refractivity contribution in [1.82, 2.24) is 4.72 Å². The number of nitrogens with zero attached hydrogens (tertiary/aromatic N) is 1. The fourth-order valence-corrected chi connectivity index (χ4v) is 8.15. The van der Waals surface area contributed by atoms with E-state index in [1.165, 1.54) is 17.2 Å². The predicted molar refractivity (Wildman–Crippen MR) is 168 cm³/mol. The molecule has 4 atom stereocenters. The van der Waals surface area contributed by atoms with Crippen LogP contribution < -0.4 is 14.4 Å². The molecule has 1 spiro atoms. The summed E-state index contributed by atoms with van der Waals surface area (Å²) in [6, 6.07) is 11.3. The SMILES string of the molecule is C=CCCS(=O)(=O)NC(=O)c1ccc2c(c1)N(C[C@H]1CC[C@@]1(C)[C@H](O)CC=C)C[C@@]1(CCCc3cc(Cl)ccc31)CO2. The number of carbonyl (C=O) groups is 1. The van der Waals surface area contributed by atoms with Crippen LogP contribution in [0.3, 0.4) is 0 Å². The number of hydrogen-bond donors (Lipinski definition) is 2. The number of fused-ring (bicyclic) bond motifs is 3. The maximum absolute atomic E-state index is 13.1. The molecule has 1 saturated carbocycles. The van der Waals surface area contributed by atoms with Crippen LogP contribution in [-0.2, 0) is 21.9 Å². The summed E-state index contributed by atoms with van der Waals surface area (Å²) >= 11 is 6.38. The summed E-state index contributed by atoms with van der Waals surface area (Å²) in [6.07, 6.45) is 8.42. The van der Waals surface area contributed by atoms with Crippen molar-refractivity contribution in [3.63, 3.8) is 0 Å². The number of nitrogens with one attached hydrogen (secondary N) is 1. The van der Waals surface area contributed by atoms with Crippen molar-refractivity contribution >= 4 is 33.2 Å². The van der Waals surface area contributed by atoms with Crippen LogP contribution in [0.15, 0.2) is 61.7 Å². The second kappa shape index (κ2) is 12.1. The standard InChI is InChI=1S/C33H41ClN2O5S/c1-4-6-17-42(39,40)35-31(38)24-10-13-29-28(19-24)36(20-25-14-16-32(25,3)30(37)8-5-2)21-33(22-41-29)15-7-9-23-18-26(34)11-12-27(23)33/h4-5,10-13,18-19,25,30,37H,1-2,6-9,14-17,20-22H2,3H3,(H,35,38)/t25-,30-,32-,33+/m1/s1. The van der Waals surface area contributed by atoms with Gasteiger partial charge in [0.15, 0.2) is 0 Å². The minimum Gasteiger partial charge on any atom is -0.490 e. The average Bonchev–Trinajstić information content (AvgIpc) is 3.10. The molecule has 0 saturated heterocycles. The first-order valence-electron chi connectivity index (χ1n) is 14.8. The largest absolute Gasteiger partial charge is 0.490 e. The number of amides is 1. The van der Waals surface area contributed by atoms with Gasteiger partial charge in [-0.15, -0.1) is 13.2 Å². The van der Waals surface area contributed by atoms with Crippen molar-refractivity contribution in [1.29, 1.82) is 0 Å². The first-order chi connectivity index (χ1) is 20.0. The van der Waals surface area contributed by atoms with Crippen molar-refractivity contribution < 1.29 is 23.1 Å². The van der Waals surface area contributed by atoms with E-state index in [-0.39, 0.29) is 34.5 Å². The fourth-order valence-electron chi connectivity index (χ4n) is 6.98. The van der Waals surface area contributed by atoms with E-state index in [4.69, 9.17) is 16.3 Å². The van der Waals surface area contributed by atoms with Gasteiger partial charge in [0.05, 0.1) is 24.2 Å². The summed E-state index contributed by atoms with van der Waals surface area (Å²) in [5, 5.41) is 11.7. The molecule has 226 valence electrons. The lowest BCUT2D eigenvalue weighted by Crippen LogP contribution is -2.53. The molecule has 3 aliphatic rings. The van der Waals surface area contributed by atoms with Gasteiger partial charge in [0.1, 0.15) is 5.75 Å². The highest BCUT2D eigenvalue weighted by molar-refractivity contribution is 7.90. The first-order valence-corrected chi connectivity index (χ1v) is 16.8. The van der Waals surface area contributed by atoms with Crippen molar-refractivity contribution in [2.45, 2.75) is 63.4 Å². The lowest BCUT2D eigenvalue weighted by Gasteiger charge is -2.52. The molecule has 1 amide bonds. The van der Waals surface area contributed by atoms with E-state index in [0.29, 0.717) is 31.9 Å². The quantitative estimate of drug-likeness (QED) is 0.329. The molecule has 42 heavy (non-hydrogen) atoms. The van der Waals surface area contributed by atoms with Crippen molar-refractivity contribution in [3.05, 3.63) is 83.4 Å². The molecule has 2 aliphatic carbocycles. The molecule has 0 unspecified atom stereocenters. The van der Waals surface area contributed by atoms with Crippen LogP contribution in [-0.4, -0.2) is 51.0 Å². The Bertz CT molecular complexity index is 1480. The molecule has 2 aromatic rings. The number of ether oxygens (including phenoxy) is 1. The second-order valence-electron chi connectivity index (χ2n) is 12.4. The van der Waals surface area contributed by atoms with Gasteiger partial charge in [-0.25, -0.2) is 13.1 Å². The number of hydrogen-bond acceptors (Lipinski definition) is 6. The van der Waals surface area contributed by atoms with Crippen LogP contribution in [0.25, 0.3) is 0 Å². The Balaban J connectivity index is 1.52.